The third kappa shape index (κ3) is 4.90. The van der Waals surface area contributed by atoms with Crippen molar-refractivity contribution in [2.75, 3.05) is 6.61 Å². The first-order chi connectivity index (χ1) is 12.3. The summed E-state index contributed by atoms with van der Waals surface area (Å²) in [6, 6.07) is 3.15. The SMILES string of the molecule is CCOc1c(Cl)cc(/C=N\n2c(=S)[nH]nc(CCC(=O)O)c2=O)cc1Cl. The highest BCUT2D eigenvalue weighted by Crippen LogP contribution is 2.33. The largest absolute Gasteiger partial charge is 0.491 e. The molecule has 0 atom stereocenters. The van der Waals surface area contributed by atoms with Crippen molar-refractivity contribution in [3.8, 4) is 5.75 Å². The Morgan fingerprint density at radius 2 is 2.12 bits per heavy atom. The molecular formula is C15H14Cl2N4O4S. The summed E-state index contributed by atoms with van der Waals surface area (Å²) >= 11 is 17.2. The summed E-state index contributed by atoms with van der Waals surface area (Å²) < 4.78 is 6.22. The van der Waals surface area contributed by atoms with Gasteiger partial charge in [-0.2, -0.15) is 14.9 Å². The normalized spacial score (nSPS) is 11.0. The van der Waals surface area contributed by atoms with E-state index in [2.05, 4.69) is 15.3 Å². The number of carboxylic acids is 1. The molecule has 138 valence electrons. The van der Waals surface area contributed by atoms with Crippen molar-refractivity contribution in [1.29, 1.82) is 0 Å². The van der Waals surface area contributed by atoms with Crippen LogP contribution in [0.5, 0.6) is 5.75 Å². The van der Waals surface area contributed by atoms with Crippen LogP contribution >= 0.6 is 35.4 Å². The summed E-state index contributed by atoms with van der Waals surface area (Å²) in [5.74, 6) is -0.676. The van der Waals surface area contributed by atoms with E-state index in [0.29, 0.717) is 28.0 Å². The molecule has 0 aliphatic rings. The molecule has 0 saturated carbocycles. The van der Waals surface area contributed by atoms with Crippen LogP contribution in [-0.2, 0) is 11.2 Å². The molecule has 2 aromatic rings. The van der Waals surface area contributed by atoms with E-state index in [4.69, 9.17) is 45.3 Å². The lowest BCUT2D eigenvalue weighted by Crippen LogP contribution is -2.25. The number of carbonyl (C=O) groups is 1. The van der Waals surface area contributed by atoms with Crippen LogP contribution in [0, 0.1) is 4.77 Å². The highest BCUT2D eigenvalue weighted by molar-refractivity contribution is 7.71. The van der Waals surface area contributed by atoms with E-state index in [1.54, 1.807) is 19.1 Å². The van der Waals surface area contributed by atoms with Crippen LogP contribution in [0.15, 0.2) is 22.0 Å². The minimum absolute atomic E-state index is 0.0147. The molecule has 0 saturated heterocycles. The number of aryl methyl sites for hydroxylation is 1. The average molecular weight is 417 g/mol. The smallest absolute Gasteiger partial charge is 0.303 e. The van der Waals surface area contributed by atoms with Gasteiger partial charge in [-0.3, -0.25) is 14.7 Å². The second-order valence-corrected chi connectivity index (χ2v) is 6.18. The molecule has 11 heteroatoms. The number of aromatic amines is 1. The fraction of sp³-hybridized carbons (Fsp3) is 0.267. The number of nitrogens with zero attached hydrogens (tertiary/aromatic N) is 3. The molecule has 0 unspecified atom stereocenters. The molecule has 0 radical (unpaired) electrons. The Kier molecular flexibility index (Phi) is 6.90. The fourth-order valence-corrected chi connectivity index (χ4v) is 2.77. The Bertz CT molecular complexity index is 948. The zero-order chi connectivity index (χ0) is 19.3. The van der Waals surface area contributed by atoms with E-state index in [-0.39, 0.29) is 23.3 Å². The summed E-state index contributed by atoms with van der Waals surface area (Å²) in [6.07, 6.45) is 1.07. The minimum atomic E-state index is -1.04. The maximum atomic E-state index is 12.3. The fourth-order valence-electron chi connectivity index (χ4n) is 1.98. The van der Waals surface area contributed by atoms with Gasteiger partial charge in [0.2, 0.25) is 4.77 Å². The van der Waals surface area contributed by atoms with E-state index >= 15 is 0 Å². The average Bonchev–Trinajstić information content (AvgIpc) is 2.57. The number of aromatic nitrogens is 3. The second kappa shape index (κ2) is 8.93. The molecule has 0 bridgehead atoms. The zero-order valence-corrected chi connectivity index (χ0v) is 15.9. The number of hydrogen-bond acceptors (Lipinski definition) is 6. The van der Waals surface area contributed by atoms with Crippen LogP contribution in [0.3, 0.4) is 0 Å². The number of nitrogens with one attached hydrogen (secondary N) is 1. The minimum Gasteiger partial charge on any atom is -0.491 e. The second-order valence-electron chi connectivity index (χ2n) is 4.98. The third-order valence-electron chi connectivity index (χ3n) is 3.13. The molecule has 2 rings (SSSR count). The maximum absolute atomic E-state index is 12.3. The lowest BCUT2D eigenvalue weighted by molar-refractivity contribution is -0.136. The Hall–Kier alpha value is -2.23. The van der Waals surface area contributed by atoms with Crippen molar-refractivity contribution in [1.82, 2.24) is 14.9 Å². The standard InChI is InChI=1S/C15H14Cl2N4O4S/c1-2-25-13-9(16)5-8(6-10(13)17)7-18-21-14(24)11(3-4-12(22)23)19-20-15(21)26/h5-7H,2-4H2,1H3,(H,20,26)(H,22,23)/b18-7-. The Morgan fingerprint density at radius 1 is 1.46 bits per heavy atom. The first-order valence-corrected chi connectivity index (χ1v) is 8.58. The molecule has 8 nitrogen and oxygen atoms in total. The van der Waals surface area contributed by atoms with Gasteiger partial charge in [0.15, 0.2) is 5.75 Å². The van der Waals surface area contributed by atoms with Gasteiger partial charge in [-0.05, 0) is 36.8 Å². The van der Waals surface area contributed by atoms with Crippen molar-refractivity contribution < 1.29 is 14.6 Å². The Labute approximate surface area is 163 Å². The maximum Gasteiger partial charge on any atom is 0.303 e. The van der Waals surface area contributed by atoms with E-state index < -0.39 is 11.5 Å². The molecule has 0 aliphatic heterocycles. The molecule has 2 N–H and O–H groups in total. The van der Waals surface area contributed by atoms with Gasteiger partial charge in [-0.25, -0.2) is 0 Å². The molecule has 26 heavy (non-hydrogen) atoms. The van der Waals surface area contributed by atoms with E-state index in [0.717, 1.165) is 4.68 Å². The van der Waals surface area contributed by atoms with Crippen LogP contribution in [0.4, 0.5) is 0 Å². The van der Waals surface area contributed by atoms with Gasteiger partial charge >= 0.3 is 5.97 Å². The first-order valence-electron chi connectivity index (χ1n) is 7.42. The molecule has 1 heterocycles. The molecule has 1 aromatic heterocycles. The Balaban J connectivity index is 2.36. The number of H-pyrrole nitrogens is 1. The quantitative estimate of drug-likeness (QED) is 0.530. The van der Waals surface area contributed by atoms with E-state index in [1.807, 2.05) is 0 Å². The number of halogens is 2. The van der Waals surface area contributed by atoms with Gasteiger partial charge in [0, 0.05) is 6.42 Å². The number of ether oxygens (including phenoxy) is 1. The number of benzene rings is 1. The summed E-state index contributed by atoms with van der Waals surface area (Å²) in [7, 11) is 0. The van der Waals surface area contributed by atoms with Gasteiger partial charge < -0.3 is 9.84 Å². The van der Waals surface area contributed by atoms with Crippen LogP contribution in [0.2, 0.25) is 10.0 Å². The van der Waals surface area contributed by atoms with Crippen LogP contribution in [0.1, 0.15) is 24.6 Å². The van der Waals surface area contributed by atoms with Gasteiger partial charge in [-0.1, -0.05) is 23.2 Å². The number of hydrogen-bond donors (Lipinski definition) is 2. The van der Waals surface area contributed by atoms with Gasteiger partial charge in [0.25, 0.3) is 5.56 Å². The zero-order valence-electron chi connectivity index (χ0n) is 13.5. The predicted molar refractivity (Wildman–Crippen MR) is 100 cm³/mol. The van der Waals surface area contributed by atoms with Crippen LogP contribution in [-0.4, -0.2) is 38.8 Å². The van der Waals surface area contributed by atoms with Crippen LogP contribution in [0.25, 0.3) is 0 Å². The molecular weight excluding hydrogens is 403 g/mol. The van der Waals surface area contributed by atoms with Crippen molar-refractivity contribution in [2.45, 2.75) is 19.8 Å². The van der Waals surface area contributed by atoms with Crippen molar-refractivity contribution in [3.05, 3.63) is 48.6 Å². The lowest BCUT2D eigenvalue weighted by atomic mass is 10.2. The predicted octanol–water partition coefficient (Wildman–Crippen LogP) is 2.91. The highest BCUT2D eigenvalue weighted by Gasteiger charge is 2.10. The molecule has 0 fully saturated rings. The summed E-state index contributed by atoms with van der Waals surface area (Å²) in [4.78, 5) is 23.0. The summed E-state index contributed by atoms with van der Waals surface area (Å²) in [5.41, 5.74) is -0.0658. The molecule has 1 aromatic carbocycles. The molecule has 0 spiro atoms. The summed E-state index contributed by atoms with van der Waals surface area (Å²) in [5, 5.41) is 19.6. The number of rotatable bonds is 7. The lowest BCUT2D eigenvalue weighted by Gasteiger charge is -2.08. The topological polar surface area (TPSA) is 110 Å². The third-order valence-corrected chi connectivity index (χ3v) is 3.95. The van der Waals surface area contributed by atoms with Gasteiger partial charge in [0.05, 0.1) is 29.3 Å². The molecule has 0 amide bonds. The van der Waals surface area contributed by atoms with E-state index in [1.165, 1.54) is 6.21 Å². The number of aliphatic carboxylic acids is 1. The van der Waals surface area contributed by atoms with Gasteiger partial charge in [0.1, 0.15) is 5.69 Å². The van der Waals surface area contributed by atoms with Crippen LogP contribution < -0.4 is 10.3 Å². The monoisotopic (exact) mass is 416 g/mol. The van der Waals surface area contributed by atoms with Crippen molar-refractivity contribution in [2.24, 2.45) is 5.10 Å². The summed E-state index contributed by atoms with van der Waals surface area (Å²) in [6.45, 7) is 2.22. The van der Waals surface area contributed by atoms with E-state index in [9.17, 15) is 9.59 Å². The van der Waals surface area contributed by atoms with Crippen molar-refractivity contribution >= 4 is 47.6 Å². The number of carboxylic acid groups (broad SMARTS) is 1. The first kappa shape index (κ1) is 20.1. The van der Waals surface area contributed by atoms with Crippen molar-refractivity contribution in [3.63, 3.8) is 0 Å². The Morgan fingerprint density at radius 3 is 2.69 bits per heavy atom. The molecule has 0 aliphatic carbocycles. The van der Waals surface area contributed by atoms with Gasteiger partial charge in [-0.15, -0.1) is 0 Å². The highest BCUT2D eigenvalue weighted by atomic mass is 35.5.